The first kappa shape index (κ1) is 15.4. The van der Waals surface area contributed by atoms with Crippen LogP contribution in [0, 0.1) is 5.92 Å². The number of carbonyl (C=O) groups is 1. The molecule has 0 bridgehead atoms. The van der Waals surface area contributed by atoms with E-state index in [9.17, 15) is 13.2 Å². The monoisotopic (exact) mass is 251 g/mol. The van der Waals surface area contributed by atoms with Gasteiger partial charge in [0.1, 0.15) is 6.04 Å². The van der Waals surface area contributed by atoms with Gasteiger partial charge < -0.3 is 5.11 Å². The maximum atomic E-state index is 11.8. The van der Waals surface area contributed by atoms with Gasteiger partial charge in [-0.15, -0.1) is 0 Å². The zero-order valence-electron chi connectivity index (χ0n) is 10.3. The third kappa shape index (κ3) is 4.49. The van der Waals surface area contributed by atoms with Crippen molar-refractivity contribution >= 4 is 16.0 Å². The van der Waals surface area contributed by atoms with Gasteiger partial charge >= 0.3 is 5.97 Å². The zero-order valence-corrected chi connectivity index (χ0v) is 11.1. The van der Waals surface area contributed by atoms with Crippen molar-refractivity contribution in [2.75, 3.05) is 12.8 Å². The van der Waals surface area contributed by atoms with Gasteiger partial charge in [0.2, 0.25) is 10.0 Å². The molecular weight excluding hydrogens is 230 g/mol. The summed E-state index contributed by atoms with van der Waals surface area (Å²) in [5.74, 6) is -0.809. The van der Waals surface area contributed by atoms with Crippen molar-refractivity contribution in [1.82, 2.24) is 4.31 Å². The quantitative estimate of drug-likeness (QED) is 0.736. The Labute approximate surface area is 97.5 Å². The predicted octanol–water partition coefficient (Wildman–Crippen LogP) is 1.16. The van der Waals surface area contributed by atoms with Crippen LogP contribution >= 0.6 is 0 Å². The molecule has 0 aliphatic rings. The van der Waals surface area contributed by atoms with Crippen molar-refractivity contribution < 1.29 is 18.3 Å². The van der Waals surface area contributed by atoms with E-state index in [-0.39, 0.29) is 18.1 Å². The van der Waals surface area contributed by atoms with Crippen molar-refractivity contribution in [2.45, 2.75) is 39.7 Å². The van der Waals surface area contributed by atoms with E-state index >= 15 is 0 Å². The molecule has 0 saturated heterocycles. The van der Waals surface area contributed by atoms with Gasteiger partial charge in [0.05, 0.1) is 5.75 Å². The molecule has 16 heavy (non-hydrogen) atoms. The number of sulfonamides is 1. The van der Waals surface area contributed by atoms with Crippen LogP contribution in [0.15, 0.2) is 0 Å². The first-order valence-corrected chi connectivity index (χ1v) is 7.01. The maximum absolute atomic E-state index is 11.8. The highest BCUT2D eigenvalue weighted by Gasteiger charge is 2.29. The van der Waals surface area contributed by atoms with Crippen molar-refractivity contribution in [1.29, 1.82) is 0 Å². The fraction of sp³-hybridized carbons (Fsp3) is 0.900. The Morgan fingerprint density at radius 1 is 1.38 bits per heavy atom. The number of carboxylic acid groups (broad SMARTS) is 1. The minimum atomic E-state index is -3.46. The SMILES string of the molecule is CCC(C(=O)O)N(C)S(=O)(=O)CCC(C)C. The summed E-state index contributed by atoms with van der Waals surface area (Å²) in [5.41, 5.74) is 0. The van der Waals surface area contributed by atoms with Gasteiger partial charge in [0.15, 0.2) is 0 Å². The van der Waals surface area contributed by atoms with Gasteiger partial charge in [-0.25, -0.2) is 8.42 Å². The van der Waals surface area contributed by atoms with Gasteiger partial charge in [0.25, 0.3) is 0 Å². The second-order valence-corrected chi connectivity index (χ2v) is 6.43. The Kier molecular flexibility index (Phi) is 5.96. The lowest BCUT2D eigenvalue weighted by Gasteiger charge is -2.23. The van der Waals surface area contributed by atoms with Gasteiger partial charge in [0, 0.05) is 7.05 Å². The van der Waals surface area contributed by atoms with Crippen molar-refractivity contribution in [3.63, 3.8) is 0 Å². The normalized spacial score (nSPS) is 14.4. The number of carboxylic acids is 1. The van der Waals surface area contributed by atoms with E-state index in [0.29, 0.717) is 6.42 Å². The standard InChI is InChI=1S/C10H21NO4S/c1-5-9(10(12)13)11(4)16(14,15)7-6-8(2)3/h8-9H,5-7H2,1-4H3,(H,12,13). The van der Waals surface area contributed by atoms with Crippen LogP contribution in [0.4, 0.5) is 0 Å². The maximum Gasteiger partial charge on any atom is 0.321 e. The summed E-state index contributed by atoms with van der Waals surface area (Å²) in [7, 11) is -2.13. The van der Waals surface area contributed by atoms with Crippen molar-refractivity contribution in [3.8, 4) is 0 Å². The number of nitrogens with zero attached hydrogens (tertiary/aromatic N) is 1. The Morgan fingerprint density at radius 3 is 2.19 bits per heavy atom. The fourth-order valence-corrected chi connectivity index (χ4v) is 2.99. The molecular formula is C10H21NO4S. The topological polar surface area (TPSA) is 74.7 Å². The third-order valence-electron chi connectivity index (χ3n) is 2.50. The minimum absolute atomic E-state index is 0.00491. The lowest BCUT2D eigenvalue weighted by Crippen LogP contribution is -2.43. The second-order valence-electron chi connectivity index (χ2n) is 4.28. The van der Waals surface area contributed by atoms with E-state index in [0.717, 1.165) is 4.31 Å². The van der Waals surface area contributed by atoms with Crippen LogP contribution in [0.2, 0.25) is 0 Å². The molecule has 96 valence electrons. The molecule has 0 fully saturated rings. The summed E-state index contributed by atoms with van der Waals surface area (Å²) < 4.78 is 24.6. The molecule has 0 aromatic rings. The van der Waals surface area contributed by atoms with Crippen LogP contribution in [0.25, 0.3) is 0 Å². The Morgan fingerprint density at radius 2 is 1.88 bits per heavy atom. The molecule has 1 unspecified atom stereocenters. The summed E-state index contributed by atoms with van der Waals surface area (Å²) in [6, 6.07) is -0.961. The van der Waals surface area contributed by atoms with Crippen molar-refractivity contribution in [2.24, 2.45) is 5.92 Å². The highest BCUT2D eigenvalue weighted by Crippen LogP contribution is 2.12. The lowest BCUT2D eigenvalue weighted by atomic mass is 10.2. The van der Waals surface area contributed by atoms with Crippen LogP contribution in [0.5, 0.6) is 0 Å². The van der Waals surface area contributed by atoms with Crippen LogP contribution in [0.1, 0.15) is 33.6 Å². The summed E-state index contributed by atoms with van der Waals surface area (Å²) in [6.07, 6.45) is 0.815. The molecule has 0 aromatic heterocycles. The number of rotatable bonds is 7. The number of hydrogen-bond acceptors (Lipinski definition) is 3. The third-order valence-corrected chi connectivity index (χ3v) is 4.39. The van der Waals surface area contributed by atoms with Crippen molar-refractivity contribution in [3.05, 3.63) is 0 Å². The van der Waals surface area contributed by atoms with Crippen LogP contribution in [-0.4, -0.2) is 42.6 Å². The molecule has 0 aromatic carbocycles. The lowest BCUT2D eigenvalue weighted by molar-refractivity contribution is -0.141. The average Bonchev–Trinajstić information content (AvgIpc) is 2.15. The van der Waals surface area contributed by atoms with Gasteiger partial charge in [-0.1, -0.05) is 20.8 Å². The first-order valence-electron chi connectivity index (χ1n) is 5.40. The molecule has 0 aliphatic carbocycles. The van der Waals surface area contributed by atoms with Crippen LogP contribution in [-0.2, 0) is 14.8 Å². The van der Waals surface area contributed by atoms with Crippen LogP contribution < -0.4 is 0 Å². The highest BCUT2D eigenvalue weighted by molar-refractivity contribution is 7.89. The Balaban J connectivity index is 4.68. The van der Waals surface area contributed by atoms with Gasteiger partial charge in [-0.05, 0) is 18.8 Å². The predicted molar refractivity (Wildman–Crippen MR) is 62.7 cm³/mol. The molecule has 0 heterocycles. The van der Waals surface area contributed by atoms with E-state index in [4.69, 9.17) is 5.11 Å². The molecule has 0 amide bonds. The molecule has 1 atom stereocenters. The summed E-state index contributed by atoms with van der Waals surface area (Å²) in [4.78, 5) is 10.9. The second kappa shape index (κ2) is 6.20. The Hall–Kier alpha value is -0.620. The number of hydrogen-bond donors (Lipinski definition) is 1. The smallest absolute Gasteiger partial charge is 0.321 e. The van der Waals surface area contributed by atoms with Crippen LogP contribution in [0.3, 0.4) is 0 Å². The molecule has 0 aliphatic heterocycles. The highest BCUT2D eigenvalue weighted by atomic mass is 32.2. The number of likely N-dealkylation sites (N-methyl/N-ethyl adjacent to an activating group) is 1. The molecule has 6 heteroatoms. The number of aliphatic carboxylic acids is 1. The largest absolute Gasteiger partial charge is 0.480 e. The first-order chi connectivity index (χ1) is 7.22. The molecule has 0 spiro atoms. The zero-order chi connectivity index (χ0) is 12.9. The summed E-state index contributed by atoms with van der Waals surface area (Å²) in [6.45, 7) is 5.53. The fourth-order valence-electron chi connectivity index (χ4n) is 1.31. The molecule has 5 nitrogen and oxygen atoms in total. The average molecular weight is 251 g/mol. The minimum Gasteiger partial charge on any atom is -0.480 e. The van der Waals surface area contributed by atoms with E-state index in [1.54, 1.807) is 6.92 Å². The summed E-state index contributed by atoms with van der Waals surface area (Å²) >= 11 is 0. The van der Waals surface area contributed by atoms with Gasteiger partial charge in [-0.2, -0.15) is 4.31 Å². The molecule has 0 saturated carbocycles. The van der Waals surface area contributed by atoms with E-state index in [2.05, 4.69) is 0 Å². The van der Waals surface area contributed by atoms with E-state index in [1.165, 1.54) is 7.05 Å². The van der Waals surface area contributed by atoms with Gasteiger partial charge in [-0.3, -0.25) is 4.79 Å². The van der Waals surface area contributed by atoms with E-state index < -0.39 is 22.0 Å². The molecule has 0 rings (SSSR count). The molecule has 0 radical (unpaired) electrons. The van der Waals surface area contributed by atoms with E-state index in [1.807, 2.05) is 13.8 Å². The molecule has 1 N–H and O–H groups in total. The Bertz CT molecular complexity index is 324. The summed E-state index contributed by atoms with van der Waals surface area (Å²) in [5, 5.41) is 8.88.